The molecule has 3 rings (SSSR count). The third-order valence-corrected chi connectivity index (χ3v) is 7.69. The lowest BCUT2D eigenvalue weighted by Gasteiger charge is -2.34. The Hall–Kier alpha value is -1.80. The Kier molecular flexibility index (Phi) is 7.40. The molecule has 0 bridgehead atoms. The molecule has 0 spiro atoms. The van der Waals surface area contributed by atoms with Crippen molar-refractivity contribution in [3.05, 3.63) is 64.1 Å². The molecule has 6 nitrogen and oxygen atoms in total. The molecule has 2 amide bonds. The Bertz CT molecular complexity index is 947. The number of halogens is 2. The predicted molar refractivity (Wildman–Crippen MR) is 115 cm³/mol. The third-order valence-electron chi connectivity index (χ3n) is 4.82. The summed E-state index contributed by atoms with van der Waals surface area (Å²) in [7, 11) is -3.76. The van der Waals surface area contributed by atoms with E-state index in [1.54, 1.807) is 17.0 Å². The van der Waals surface area contributed by atoms with Crippen LogP contribution in [0, 0.1) is 0 Å². The molecule has 0 unspecified atom stereocenters. The number of urea groups is 1. The quantitative estimate of drug-likeness (QED) is 0.675. The van der Waals surface area contributed by atoms with Gasteiger partial charge in [0.15, 0.2) is 0 Å². The highest BCUT2D eigenvalue weighted by Gasteiger charge is 2.31. The molecule has 2 aromatic rings. The van der Waals surface area contributed by atoms with Gasteiger partial charge in [0.1, 0.15) is 4.90 Å². The first-order valence-electron chi connectivity index (χ1n) is 9.40. The van der Waals surface area contributed by atoms with Crippen LogP contribution in [0.25, 0.3) is 0 Å². The van der Waals surface area contributed by atoms with Crippen LogP contribution < -0.4 is 5.32 Å². The first-order chi connectivity index (χ1) is 13.9. The number of amides is 2. The number of sulfonamides is 1. The number of hydrogen-bond acceptors (Lipinski definition) is 3. The van der Waals surface area contributed by atoms with E-state index in [2.05, 4.69) is 17.4 Å². The van der Waals surface area contributed by atoms with Gasteiger partial charge in [-0.2, -0.15) is 4.31 Å². The highest BCUT2D eigenvalue weighted by Crippen LogP contribution is 2.31. The van der Waals surface area contributed by atoms with Crippen molar-refractivity contribution in [2.75, 3.05) is 32.7 Å². The van der Waals surface area contributed by atoms with E-state index in [0.717, 1.165) is 12.8 Å². The first kappa shape index (κ1) is 21.9. The molecule has 1 aliphatic heterocycles. The van der Waals surface area contributed by atoms with Crippen LogP contribution in [0.2, 0.25) is 10.0 Å². The second-order valence-corrected chi connectivity index (χ2v) is 9.46. The number of benzene rings is 2. The number of nitrogens with zero attached hydrogens (tertiary/aromatic N) is 2. The number of carbonyl (C=O) groups excluding carboxylic acids is 1. The average molecular weight is 456 g/mol. The Balaban J connectivity index is 1.48. The monoisotopic (exact) mass is 455 g/mol. The van der Waals surface area contributed by atoms with Gasteiger partial charge in [0, 0.05) is 32.7 Å². The maximum Gasteiger partial charge on any atom is 0.317 e. The second kappa shape index (κ2) is 9.80. The van der Waals surface area contributed by atoms with Gasteiger partial charge in [-0.1, -0.05) is 59.6 Å². The van der Waals surface area contributed by atoms with Crippen LogP contribution in [-0.4, -0.2) is 56.4 Å². The summed E-state index contributed by atoms with van der Waals surface area (Å²) in [4.78, 5) is 14.0. The summed E-state index contributed by atoms with van der Waals surface area (Å²) in [5.74, 6) is 0. The first-order valence-corrected chi connectivity index (χ1v) is 11.6. The molecule has 156 valence electrons. The van der Waals surface area contributed by atoms with Crippen molar-refractivity contribution in [3.63, 3.8) is 0 Å². The topological polar surface area (TPSA) is 69.7 Å². The molecule has 0 aliphatic carbocycles. The number of aryl methyl sites for hydroxylation is 1. The Morgan fingerprint density at radius 2 is 1.66 bits per heavy atom. The number of hydrogen-bond donors (Lipinski definition) is 1. The molecule has 1 N–H and O–H groups in total. The second-order valence-electron chi connectivity index (χ2n) is 6.76. The van der Waals surface area contributed by atoms with Crippen molar-refractivity contribution in [1.82, 2.24) is 14.5 Å². The van der Waals surface area contributed by atoms with Crippen LogP contribution in [0.4, 0.5) is 4.79 Å². The van der Waals surface area contributed by atoms with Gasteiger partial charge in [-0.05, 0) is 30.5 Å². The Morgan fingerprint density at radius 3 is 2.34 bits per heavy atom. The van der Waals surface area contributed by atoms with Crippen LogP contribution in [0.5, 0.6) is 0 Å². The molecule has 0 radical (unpaired) electrons. The zero-order chi connectivity index (χ0) is 20.9. The molecule has 0 saturated carbocycles. The normalized spacial score (nSPS) is 15.3. The molecule has 1 saturated heterocycles. The minimum Gasteiger partial charge on any atom is -0.338 e. The molecular weight excluding hydrogens is 433 g/mol. The fraction of sp³-hybridized carbons (Fsp3) is 0.350. The standard InChI is InChI=1S/C20H23Cl2N3O3S/c21-17-9-4-10-18(19(17)22)29(27,28)25-14-12-24(13-15-25)20(26)23-11-5-8-16-6-2-1-3-7-16/h1-4,6-7,9-10H,5,8,11-15H2,(H,23,26). The fourth-order valence-electron chi connectivity index (χ4n) is 3.20. The van der Waals surface area contributed by atoms with E-state index < -0.39 is 10.0 Å². The lowest BCUT2D eigenvalue weighted by Crippen LogP contribution is -2.53. The summed E-state index contributed by atoms with van der Waals surface area (Å²) >= 11 is 12.0. The molecule has 1 aliphatic rings. The number of piperazine rings is 1. The minimum absolute atomic E-state index is 0.00881. The average Bonchev–Trinajstić information content (AvgIpc) is 2.73. The highest BCUT2D eigenvalue weighted by molar-refractivity contribution is 7.89. The largest absolute Gasteiger partial charge is 0.338 e. The molecule has 2 aromatic carbocycles. The minimum atomic E-state index is -3.76. The van der Waals surface area contributed by atoms with E-state index in [-0.39, 0.29) is 34.1 Å². The van der Waals surface area contributed by atoms with Crippen molar-refractivity contribution in [1.29, 1.82) is 0 Å². The van der Waals surface area contributed by atoms with E-state index >= 15 is 0 Å². The van der Waals surface area contributed by atoms with Gasteiger partial charge in [0.25, 0.3) is 0 Å². The zero-order valence-corrected chi connectivity index (χ0v) is 18.2. The summed E-state index contributed by atoms with van der Waals surface area (Å²) in [5.41, 5.74) is 1.24. The zero-order valence-electron chi connectivity index (χ0n) is 15.9. The van der Waals surface area contributed by atoms with Crippen LogP contribution in [0.1, 0.15) is 12.0 Å². The van der Waals surface area contributed by atoms with Gasteiger partial charge in [-0.25, -0.2) is 13.2 Å². The number of carbonyl (C=O) groups is 1. The van der Waals surface area contributed by atoms with Gasteiger partial charge >= 0.3 is 6.03 Å². The van der Waals surface area contributed by atoms with Crippen LogP contribution in [0.3, 0.4) is 0 Å². The van der Waals surface area contributed by atoms with E-state index in [9.17, 15) is 13.2 Å². The smallest absolute Gasteiger partial charge is 0.317 e. The molecule has 9 heteroatoms. The summed E-state index contributed by atoms with van der Waals surface area (Å²) in [6.07, 6.45) is 1.74. The highest BCUT2D eigenvalue weighted by atomic mass is 35.5. The van der Waals surface area contributed by atoms with Crippen LogP contribution >= 0.6 is 23.2 Å². The predicted octanol–water partition coefficient (Wildman–Crippen LogP) is 3.64. The van der Waals surface area contributed by atoms with Gasteiger partial charge in [-0.15, -0.1) is 0 Å². The van der Waals surface area contributed by atoms with Crippen molar-refractivity contribution < 1.29 is 13.2 Å². The van der Waals surface area contributed by atoms with Gasteiger partial charge in [0.2, 0.25) is 10.0 Å². The van der Waals surface area contributed by atoms with Crippen LogP contribution in [0.15, 0.2) is 53.4 Å². The van der Waals surface area contributed by atoms with Crippen molar-refractivity contribution in [3.8, 4) is 0 Å². The lowest BCUT2D eigenvalue weighted by atomic mass is 10.1. The van der Waals surface area contributed by atoms with Gasteiger partial charge in [-0.3, -0.25) is 0 Å². The van der Waals surface area contributed by atoms with E-state index in [4.69, 9.17) is 23.2 Å². The number of rotatable bonds is 6. The van der Waals surface area contributed by atoms with Crippen molar-refractivity contribution >= 4 is 39.3 Å². The summed E-state index contributed by atoms with van der Waals surface area (Å²) < 4.78 is 27.0. The van der Waals surface area contributed by atoms with Gasteiger partial charge < -0.3 is 10.2 Å². The molecule has 0 aromatic heterocycles. The third kappa shape index (κ3) is 5.42. The van der Waals surface area contributed by atoms with E-state index in [0.29, 0.717) is 19.6 Å². The SMILES string of the molecule is O=C(NCCCc1ccccc1)N1CCN(S(=O)(=O)c2cccc(Cl)c2Cl)CC1. The van der Waals surface area contributed by atoms with E-state index in [1.807, 2.05) is 18.2 Å². The molecular formula is C20H23Cl2N3O3S. The number of nitrogens with one attached hydrogen (secondary N) is 1. The van der Waals surface area contributed by atoms with Crippen molar-refractivity contribution in [2.45, 2.75) is 17.7 Å². The maximum absolute atomic E-state index is 12.8. The Labute approximate surface area is 181 Å². The van der Waals surface area contributed by atoms with Crippen molar-refractivity contribution in [2.24, 2.45) is 0 Å². The molecule has 1 heterocycles. The summed E-state index contributed by atoms with van der Waals surface area (Å²) in [6, 6.07) is 14.5. The Morgan fingerprint density at radius 1 is 0.966 bits per heavy atom. The fourth-order valence-corrected chi connectivity index (χ4v) is 5.36. The van der Waals surface area contributed by atoms with E-state index in [1.165, 1.54) is 15.9 Å². The van der Waals surface area contributed by atoms with Crippen LogP contribution in [-0.2, 0) is 16.4 Å². The summed E-state index contributed by atoms with van der Waals surface area (Å²) in [6.45, 7) is 1.64. The lowest BCUT2D eigenvalue weighted by molar-refractivity contribution is 0.172. The maximum atomic E-state index is 12.8. The molecule has 29 heavy (non-hydrogen) atoms. The molecule has 1 fully saturated rings. The summed E-state index contributed by atoms with van der Waals surface area (Å²) in [5, 5.41) is 3.12. The molecule has 0 atom stereocenters. The van der Waals surface area contributed by atoms with Gasteiger partial charge in [0.05, 0.1) is 10.0 Å².